The van der Waals surface area contributed by atoms with Gasteiger partial charge in [-0.25, -0.2) is 8.93 Å². The summed E-state index contributed by atoms with van der Waals surface area (Å²) in [5.74, 6) is 0. The summed E-state index contributed by atoms with van der Waals surface area (Å²) in [5, 5.41) is 0. The van der Waals surface area contributed by atoms with E-state index in [1.807, 2.05) is 57.3 Å². The van der Waals surface area contributed by atoms with Crippen molar-refractivity contribution >= 4 is 11.0 Å². The molecule has 0 spiro atoms. The van der Waals surface area contributed by atoms with E-state index in [0.717, 1.165) is 12.0 Å². The smallest absolute Gasteiger partial charge is 0.0976 e. The van der Waals surface area contributed by atoms with Gasteiger partial charge in [0.05, 0.1) is 15.7 Å². The highest BCUT2D eigenvalue weighted by atomic mass is 32.2. The molecular weight excluding hydrogens is 280 g/mol. The van der Waals surface area contributed by atoms with Gasteiger partial charge in [-0.15, -0.1) is 0 Å². The van der Waals surface area contributed by atoms with Crippen molar-refractivity contribution in [2.45, 2.75) is 38.0 Å². The molecule has 0 aliphatic rings. The average Bonchev–Trinajstić information content (AvgIpc) is 2.47. The Hall–Kier alpha value is -1.52. The quantitative estimate of drug-likeness (QED) is 0.919. The zero-order valence-corrected chi connectivity index (χ0v) is 13.6. The van der Waals surface area contributed by atoms with E-state index in [9.17, 15) is 4.21 Å². The summed E-state index contributed by atoms with van der Waals surface area (Å²) in [7, 11) is -1.12. The van der Waals surface area contributed by atoms with Crippen molar-refractivity contribution < 1.29 is 4.21 Å². The molecule has 4 heteroatoms. The van der Waals surface area contributed by atoms with Gasteiger partial charge in [-0.05, 0) is 44.4 Å². The van der Waals surface area contributed by atoms with E-state index in [0.29, 0.717) is 0 Å². The fourth-order valence-corrected chi connectivity index (χ4v) is 2.80. The van der Waals surface area contributed by atoms with Gasteiger partial charge in [-0.1, -0.05) is 36.4 Å². The van der Waals surface area contributed by atoms with Crippen LogP contribution in [0.4, 0.5) is 0 Å². The number of nitrogens with zero attached hydrogens (tertiary/aromatic N) is 1. The minimum atomic E-state index is -1.12. The minimum absolute atomic E-state index is 0.0128. The van der Waals surface area contributed by atoms with Crippen LogP contribution in [0.3, 0.4) is 0 Å². The van der Waals surface area contributed by atoms with Gasteiger partial charge in [0.25, 0.3) is 0 Å². The molecule has 0 aliphatic heterocycles. The lowest BCUT2D eigenvalue weighted by Crippen LogP contribution is -2.36. The number of hydrogen-bond acceptors (Lipinski definition) is 2. The average molecular weight is 302 g/mol. The lowest BCUT2D eigenvalue weighted by Gasteiger charge is -2.24. The molecule has 1 heterocycles. The molecule has 0 amide bonds. The van der Waals surface area contributed by atoms with Gasteiger partial charge in [0.2, 0.25) is 0 Å². The molecule has 21 heavy (non-hydrogen) atoms. The number of rotatable bonds is 5. The highest BCUT2D eigenvalue weighted by molar-refractivity contribution is 7.84. The Kier molecular flexibility index (Phi) is 5.26. The van der Waals surface area contributed by atoms with E-state index in [-0.39, 0.29) is 10.8 Å². The monoisotopic (exact) mass is 302 g/mol. The van der Waals surface area contributed by atoms with E-state index < -0.39 is 11.0 Å². The Morgan fingerprint density at radius 1 is 1.14 bits per heavy atom. The van der Waals surface area contributed by atoms with Crippen LogP contribution in [0.5, 0.6) is 0 Å². The Morgan fingerprint density at radius 3 is 2.43 bits per heavy atom. The summed E-state index contributed by atoms with van der Waals surface area (Å²) in [6.07, 6.45) is 4.37. The summed E-state index contributed by atoms with van der Waals surface area (Å²) < 4.78 is 15.4. The van der Waals surface area contributed by atoms with Gasteiger partial charge in [-0.2, -0.15) is 0 Å². The largest absolute Gasteiger partial charge is 0.264 e. The summed E-state index contributed by atoms with van der Waals surface area (Å²) in [6.45, 7) is 5.91. The van der Waals surface area contributed by atoms with E-state index in [1.54, 1.807) is 6.20 Å². The SMILES string of the molecule is CC(C)(C)S(=O)N[C@H](Cc1ccccc1)c1cccnc1. The molecule has 2 rings (SSSR count). The molecule has 1 unspecified atom stereocenters. The van der Waals surface area contributed by atoms with Crippen LogP contribution in [0.2, 0.25) is 0 Å². The molecule has 0 fully saturated rings. The van der Waals surface area contributed by atoms with Crippen molar-refractivity contribution in [2.24, 2.45) is 0 Å². The Bertz CT molecular complexity index is 579. The van der Waals surface area contributed by atoms with Crippen molar-refractivity contribution in [3.63, 3.8) is 0 Å². The topological polar surface area (TPSA) is 42.0 Å². The first-order valence-electron chi connectivity index (χ1n) is 7.09. The van der Waals surface area contributed by atoms with Gasteiger partial charge in [0, 0.05) is 18.4 Å². The second kappa shape index (κ2) is 6.96. The lowest BCUT2D eigenvalue weighted by atomic mass is 10.0. The fraction of sp³-hybridized carbons (Fsp3) is 0.353. The lowest BCUT2D eigenvalue weighted by molar-refractivity contribution is 0.596. The van der Waals surface area contributed by atoms with Gasteiger partial charge < -0.3 is 0 Å². The maximum Gasteiger partial charge on any atom is 0.0976 e. The van der Waals surface area contributed by atoms with Crippen molar-refractivity contribution in [2.75, 3.05) is 0 Å². The molecule has 112 valence electrons. The van der Waals surface area contributed by atoms with E-state index in [2.05, 4.69) is 21.8 Å². The van der Waals surface area contributed by atoms with Crippen LogP contribution in [-0.4, -0.2) is 13.9 Å². The number of nitrogens with one attached hydrogen (secondary N) is 1. The van der Waals surface area contributed by atoms with Crippen LogP contribution >= 0.6 is 0 Å². The number of aromatic nitrogens is 1. The zero-order chi connectivity index (χ0) is 15.3. The highest BCUT2D eigenvalue weighted by Gasteiger charge is 2.23. The number of benzene rings is 1. The Balaban J connectivity index is 2.21. The Labute approximate surface area is 129 Å². The fourth-order valence-electron chi connectivity index (χ4n) is 1.97. The van der Waals surface area contributed by atoms with Crippen molar-refractivity contribution in [3.8, 4) is 0 Å². The second-order valence-corrected chi connectivity index (χ2v) is 8.03. The van der Waals surface area contributed by atoms with Crippen molar-refractivity contribution in [1.82, 2.24) is 9.71 Å². The first kappa shape index (κ1) is 15.9. The first-order chi connectivity index (χ1) is 9.97. The molecule has 0 saturated carbocycles. The zero-order valence-electron chi connectivity index (χ0n) is 12.7. The van der Waals surface area contributed by atoms with Crippen LogP contribution in [0.25, 0.3) is 0 Å². The molecular formula is C17H22N2OS. The summed E-state index contributed by atoms with van der Waals surface area (Å²) in [6, 6.07) is 14.1. The van der Waals surface area contributed by atoms with Crippen LogP contribution in [0, 0.1) is 0 Å². The third kappa shape index (κ3) is 4.76. The van der Waals surface area contributed by atoms with Crippen molar-refractivity contribution in [1.29, 1.82) is 0 Å². The third-order valence-electron chi connectivity index (χ3n) is 3.17. The minimum Gasteiger partial charge on any atom is -0.264 e. The molecule has 1 aromatic carbocycles. The summed E-state index contributed by atoms with van der Waals surface area (Å²) >= 11 is 0. The van der Waals surface area contributed by atoms with Crippen LogP contribution < -0.4 is 4.72 Å². The van der Waals surface area contributed by atoms with Gasteiger partial charge in [0.1, 0.15) is 0 Å². The van der Waals surface area contributed by atoms with Gasteiger partial charge in [-0.3, -0.25) is 4.98 Å². The molecule has 2 atom stereocenters. The maximum atomic E-state index is 12.4. The van der Waals surface area contributed by atoms with Crippen molar-refractivity contribution in [3.05, 3.63) is 66.0 Å². The van der Waals surface area contributed by atoms with Crippen LogP contribution in [0.1, 0.15) is 37.9 Å². The Morgan fingerprint density at radius 2 is 1.86 bits per heavy atom. The van der Waals surface area contributed by atoms with Gasteiger partial charge >= 0.3 is 0 Å². The maximum absolute atomic E-state index is 12.4. The predicted octanol–water partition coefficient (Wildman–Crippen LogP) is 3.42. The molecule has 0 saturated heterocycles. The molecule has 3 nitrogen and oxygen atoms in total. The second-order valence-electron chi connectivity index (χ2n) is 6.03. The molecule has 1 aromatic heterocycles. The molecule has 2 aromatic rings. The standard InChI is InChI=1S/C17H22N2OS/c1-17(2,3)21(20)19-16(15-10-7-11-18-13-15)12-14-8-5-4-6-9-14/h4-11,13,16,19H,12H2,1-3H3/t16-,21?/m1/s1. The third-order valence-corrected chi connectivity index (χ3v) is 4.79. The predicted molar refractivity (Wildman–Crippen MR) is 88.2 cm³/mol. The molecule has 1 N–H and O–H groups in total. The summed E-state index contributed by atoms with van der Waals surface area (Å²) in [5.41, 5.74) is 2.27. The summed E-state index contributed by atoms with van der Waals surface area (Å²) in [4.78, 5) is 4.18. The highest BCUT2D eigenvalue weighted by Crippen LogP contribution is 2.20. The van der Waals surface area contributed by atoms with Gasteiger partial charge in [0.15, 0.2) is 0 Å². The van der Waals surface area contributed by atoms with E-state index >= 15 is 0 Å². The van der Waals surface area contributed by atoms with Crippen LogP contribution in [0.15, 0.2) is 54.9 Å². The number of hydrogen-bond donors (Lipinski definition) is 1. The first-order valence-corrected chi connectivity index (χ1v) is 8.23. The van der Waals surface area contributed by atoms with E-state index in [4.69, 9.17) is 0 Å². The van der Waals surface area contributed by atoms with E-state index in [1.165, 1.54) is 5.56 Å². The number of pyridine rings is 1. The molecule has 0 bridgehead atoms. The molecule has 0 aliphatic carbocycles. The van der Waals surface area contributed by atoms with Crippen LogP contribution in [-0.2, 0) is 17.4 Å². The normalized spacial score (nSPS) is 14.6. The molecule has 0 radical (unpaired) electrons.